The van der Waals surface area contributed by atoms with Crippen molar-refractivity contribution in [2.45, 2.75) is 25.8 Å². The van der Waals surface area contributed by atoms with Gasteiger partial charge >= 0.3 is 5.97 Å². The summed E-state index contributed by atoms with van der Waals surface area (Å²) in [6, 6.07) is 9.59. The normalized spacial score (nSPS) is 31.4. The highest BCUT2D eigenvalue weighted by Gasteiger charge is 2.74. The fourth-order valence-electron chi connectivity index (χ4n) is 3.99. The molecule has 1 amide bonds. The van der Waals surface area contributed by atoms with Crippen molar-refractivity contribution in [1.29, 1.82) is 0 Å². The summed E-state index contributed by atoms with van der Waals surface area (Å²) in [4.78, 5) is 27.0. The van der Waals surface area contributed by atoms with Gasteiger partial charge in [-0.05, 0) is 25.3 Å². The smallest absolute Gasteiger partial charge is 0.322 e. The van der Waals surface area contributed by atoms with Crippen LogP contribution in [0.4, 0.5) is 0 Å². The first-order chi connectivity index (χ1) is 10.5. The van der Waals surface area contributed by atoms with Crippen molar-refractivity contribution < 1.29 is 19.4 Å². The van der Waals surface area contributed by atoms with E-state index < -0.39 is 16.8 Å². The zero-order chi connectivity index (χ0) is 16.0. The second-order valence-corrected chi connectivity index (χ2v) is 6.36. The highest BCUT2D eigenvalue weighted by Crippen LogP contribution is 2.63. The molecule has 1 heterocycles. The molecule has 2 fully saturated rings. The van der Waals surface area contributed by atoms with Crippen LogP contribution in [0.15, 0.2) is 30.3 Å². The lowest BCUT2D eigenvalue weighted by molar-refractivity contribution is -0.180. The predicted octanol–water partition coefficient (Wildman–Crippen LogP) is 1.52. The van der Waals surface area contributed by atoms with Crippen LogP contribution in [-0.2, 0) is 14.3 Å². The Kier molecular flexibility index (Phi) is 3.48. The number of rotatable bonds is 4. The molecular weight excluding hydrogens is 282 g/mol. The highest BCUT2D eigenvalue weighted by molar-refractivity contribution is 6.07. The third kappa shape index (κ3) is 1.69. The third-order valence-corrected chi connectivity index (χ3v) is 5.57. The first-order valence-corrected chi connectivity index (χ1v) is 7.58. The summed E-state index contributed by atoms with van der Waals surface area (Å²) < 4.78 is 4.89. The number of hydrogen-bond acceptors (Lipinski definition) is 4. The number of esters is 1. The molecule has 1 aromatic carbocycles. The second kappa shape index (κ2) is 5.09. The Labute approximate surface area is 129 Å². The van der Waals surface area contributed by atoms with Crippen LogP contribution in [0, 0.1) is 10.8 Å². The van der Waals surface area contributed by atoms with E-state index in [2.05, 4.69) is 0 Å². The van der Waals surface area contributed by atoms with Crippen LogP contribution in [0.1, 0.15) is 31.4 Å². The van der Waals surface area contributed by atoms with E-state index in [1.54, 1.807) is 4.90 Å². The minimum absolute atomic E-state index is 0.135. The van der Waals surface area contributed by atoms with E-state index in [1.165, 1.54) is 7.11 Å². The molecule has 0 bridgehead atoms. The lowest BCUT2D eigenvalue weighted by Gasteiger charge is -2.49. The molecule has 5 heteroatoms. The fraction of sp³-hybridized carbons (Fsp3) is 0.529. The number of methoxy groups -OCH3 is 1. The number of nitrogens with zero attached hydrogens (tertiary/aromatic N) is 1. The molecule has 0 spiro atoms. The number of ether oxygens (including phenoxy) is 1. The first-order valence-electron chi connectivity index (χ1n) is 7.58. The molecule has 1 aliphatic carbocycles. The number of benzene rings is 1. The average molecular weight is 303 g/mol. The van der Waals surface area contributed by atoms with Crippen LogP contribution >= 0.6 is 0 Å². The second-order valence-electron chi connectivity index (χ2n) is 6.36. The molecule has 2 aliphatic rings. The van der Waals surface area contributed by atoms with Crippen LogP contribution in [0.5, 0.6) is 0 Å². The molecule has 5 nitrogen and oxygen atoms in total. The summed E-state index contributed by atoms with van der Waals surface area (Å²) in [5, 5.41) is 9.86. The number of likely N-dealkylation sites (tertiary alicyclic amines) is 1. The fourth-order valence-corrected chi connectivity index (χ4v) is 3.99. The standard InChI is InChI=1S/C17H21NO4/c1-12(13-6-4-3-5-7-13)18-10-16(11-19)8-9-17(16,14(18)20)15(21)22-2/h3-7,12,19H,8-11H2,1-2H3/t12-,16?,17?/m1/s1. The van der Waals surface area contributed by atoms with Gasteiger partial charge in [0.1, 0.15) is 0 Å². The number of aliphatic hydroxyl groups is 1. The minimum Gasteiger partial charge on any atom is -0.468 e. The Morgan fingerprint density at radius 3 is 2.55 bits per heavy atom. The number of hydrogen-bond donors (Lipinski definition) is 1. The predicted molar refractivity (Wildman–Crippen MR) is 79.8 cm³/mol. The van der Waals surface area contributed by atoms with Crippen LogP contribution in [0.25, 0.3) is 0 Å². The number of carbonyl (C=O) groups is 2. The van der Waals surface area contributed by atoms with E-state index in [0.717, 1.165) is 5.56 Å². The van der Waals surface area contributed by atoms with Gasteiger partial charge in [0.2, 0.25) is 5.91 Å². The van der Waals surface area contributed by atoms with Crippen molar-refractivity contribution in [3.63, 3.8) is 0 Å². The van der Waals surface area contributed by atoms with Gasteiger partial charge in [0.15, 0.2) is 5.41 Å². The van der Waals surface area contributed by atoms with E-state index in [9.17, 15) is 14.7 Å². The molecule has 118 valence electrons. The maximum absolute atomic E-state index is 13.0. The van der Waals surface area contributed by atoms with Crippen LogP contribution in [0.3, 0.4) is 0 Å². The van der Waals surface area contributed by atoms with E-state index in [4.69, 9.17) is 4.74 Å². The van der Waals surface area contributed by atoms with Crippen molar-refractivity contribution in [2.24, 2.45) is 10.8 Å². The van der Waals surface area contributed by atoms with Gasteiger partial charge in [0, 0.05) is 12.0 Å². The third-order valence-electron chi connectivity index (χ3n) is 5.57. The maximum atomic E-state index is 13.0. The molecule has 3 rings (SSSR count). The van der Waals surface area contributed by atoms with Crippen molar-refractivity contribution in [2.75, 3.05) is 20.3 Å². The van der Waals surface area contributed by atoms with Gasteiger partial charge in [-0.2, -0.15) is 0 Å². The Morgan fingerprint density at radius 2 is 2.05 bits per heavy atom. The summed E-state index contributed by atoms with van der Waals surface area (Å²) in [5.74, 6) is -0.725. The van der Waals surface area contributed by atoms with Crippen molar-refractivity contribution in [3.8, 4) is 0 Å². The Hall–Kier alpha value is -1.88. The lowest BCUT2D eigenvalue weighted by Crippen LogP contribution is -2.59. The summed E-state index contributed by atoms with van der Waals surface area (Å²) >= 11 is 0. The van der Waals surface area contributed by atoms with Gasteiger partial charge in [-0.3, -0.25) is 9.59 Å². The van der Waals surface area contributed by atoms with Gasteiger partial charge in [-0.1, -0.05) is 30.3 Å². The zero-order valence-corrected chi connectivity index (χ0v) is 12.9. The molecule has 0 radical (unpaired) electrons. The van der Waals surface area contributed by atoms with E-state index in [1.807, 2.05) is 37.3 Å². The van der Waals surface area contributed by atoms with Gasteiger partial charge in [0.25, 0.3) is 0 Å². The number of fused-ring (bicyclic) bond motifs is 1. The van der Waals surface area contributed by atoms with Gasteiger partial charge in [0.05, 0.1) is 19.8 Å². The van der Waals surface area contributed by atoms with Gasteiger partial charge in [-0.15, -0.1) is 0 Å². The van der Waals surface area contributed by atoms with E-state index >= 15 is 0 Å². The highest BCUT2D eigenvalue weighted by atomic mass is 16.5. The molecule has 1 aliphatic heterocycles. The minimum atomic E-state index is -1.19. The molecule has 1 N–H and O–H groups in total. The number of aliphatic hydroxyl groups excluding tert-OH is 1. The Morgan fingerprint density at radius 1 is 1.36 bits per heavy atom. The number of carbonyl (C=O) groups excluding carboxylic acids is 2. The van der Waals surface area contributed by atoms with Crippen molar-refractivity contribution in [3.05, 3.63) is 35.9 Å². The molecule has 3 atom stereocenters. The molecule has 1 aromatic rings. The monoisotopic (exact) mass is 303 g/mol. The van der Waals surface area contributed by atoms with Crippen molar-refractivity contribution >= 4 is 11.9 Å². The summed E-state index contributed by atoms with van der Waals surface area (Å²) in [6.45, 7) is 2.17. The molecule has 0 aromatic heterocycles. The maximum Gasteiger partial charge on any atom is 0.322 e. The van der Waals surface area contributed by atoms with Crippen LogP contribution in [-0.4, -0.2) is 42.1 Å². The largest absolute Gasteiger partial charge is 0.468 e. The molecule has 1 saturated carbocycles. The average Bonchev–Trinajstić information content (AvgIpc) is 2.71. The molecule has 2 unspecified atom stereocenters. The Balaban J connectivity index is 1.97. The molecule has 1 saturated heterocycles. The summed E-state index contributed by atoms with van der Waals surface area (Å²) in [7, 11) is 1.30. The lowest BCUT2D eigenvalue weighted by atomic mass is 9.51. The quantitative estimate of drug-likeness (QED) is 0.676. The van der Waals surface area contributed by atoms with Gasteiger partial charge in [-0.25, -0.2) is 0 Å². The molecule has 22 heavy (non-hydrogen) atoms. The topological polar surface area (TPSA) is 66.8 Å². The van der Waals surface area contributed by atoms with Crippen LogP contribution in [0.2, 0.25) is 0 Å². The number of amides is 1. The first kappa shape index (κ1) is 15.0. The van der Waals surface area contributed by atoms with Gasteiger partial charge < -0.3 is 14.7 Å². The van der Waals surface area contributed by atoms with E-state index in [-0.39, 0.29) is 18.6 Å². The SMILES string of the molecule is COC(=O)C12CCC1(CO)CN([C@H](C)c1ccccc1)C2=O. The summed E-state index contributed by atoms with van der Waals surface area (Å²) in [6.07, 6.45) is 1.12. The molecular formula is C17H21NO4. The Bertz CT molecular complexity index is 598. The summed E-state index contributed by atoms with van der Waals surface area (Å²) in [5.41, 5.74) is -0.870. The van der Waals surface area contributed by atoms with Crippen molar-refractivity contribution in [1.82, 2.24) is 4.90 Å². The van der Waals surface area contributed by atoms with Crippen LogP contribution < -0.4 is 0 Å². The van der Waals surface area contributed by atoms with E-state index in [0.29, 0.717) is 19.4 Å². The zero-order valence-electron chi connectivity index (χ0n) is 12.9.